The zero-order valence-electron chi connectivity index (χ0n) is 16.3. The standard InChI is InChI=1S/C22H22FN3O3/c1-13-3-5-15(6-4-13)21-24-18-12-26(8-7-16(18)22(28)25-21)11-14-9-17(23)20(27)19(10-14)29-2/h3-6,9-10,27H,7-8,11-12H2,1-2H3,(H,24,25,28). The highest BCUT2D eigenvalue weighted by molar-refractivity contribution is 5.55. The molecule has 7 heteroatoms. The van der Waals surface area contributed by atoms with Gasteiger partial charge in [0.15, 0.2) is 17.3 Å². The maximum atomic E-state index is 13.9. The van der Waals surface area contributed by atoms with Gasteiger partial charge in [-0.15, -0.1) is 0 Å². The fourth-order valence-electron chi connectivity index (χ4n) is 3.61. The highest BCUT2D eigenvalue weighted by atomic mass is 19.1. The monoisotopic (exact) mass is 395 g/mol. The molecular weight excluding hydrogens is 373 g/mol. The highest BCUT2D eigenvalue weighted by Gasteiger charge is 2.22. The average molecular weight is 395 g/mol. The van der Waals surface area contributed by atoms with Gasteiger partial charge in [0.2, 0.25) is 0 Å². The second-order valence-corrected chi connectivity index (χ2v) is 7.29. The first-order valence-electron chi connectivity index (χ1n) is 9.41. The summed E-state index contributed by atoms with van der Waals surface area (Å²) in [6.07, 6.45) is 0.573. The maximum Gasteiger partial charge on any atom is 0.254 e. The molecule has 2 N–H and O–H groups in total. The molecule has 0 amide bonds. The van der Waals surface area contributed by atoms with Gasteiger partial charge in [-0.1, -0.05) is 29.8 Å². The third kappa shape index (κ3) is 3.86. The van der Waals surface area contributed by atoms with Crippen molar-refractivity contribution in [3.8, 4) is 22.9 Å². The molecule has 29 heavy (non-hydrogen) atoms. The molecule has 1 aliphatic heterocycles. The number of methoxy groups -OCH3 is 1. The predicted molar refractivity (Wildman–Crippen MR) is 107 cm³/mol. The molecule has 0 aliphatic carbocycles. The van der Waals surface area contributed by atoms with Gasteiger partial charge in [-0.05, 0) is 31.0 Å². The van der Waals surface area contributed by atoms with Crippen molar-refractivity contribution in [2.45, 2.75) is 26.4 Å². The number of aromatic nitrogens is 2. The van der Waals surface area contributed by atoms with E-state index in [1.165, 1.54) is 13.2 Å². The van der Waals surface area contributed by atoms with Gasteiger partial charge in [-0.3, -0.25) is 9.69 Å². The number of fused-ring (bicyclic) bond motifs is 1. The SMILES string of the molecule is COc1cc(CN2CCc3c(nc(-c4ccc(C)cc4)[nH]c3=O)C2)cc(F)c1O. The van der Waals surface area contributed by atoms with Crippen LogP contribution in [-0.2, 0) is 19.5 Å². The number of hydrogen-bond donors (Lipinski definition) is 2. The predicted octanol–water partition coefficient (Wildman–Crippen LogP) is 3.16. The molecule has 0 fully saturated rings. The van der Waals surface area contributed by atoms with Gasteiger partial charge < -0.3 is 14.8 Å². The summed E-state index contributed by atoms with van der Waals surface area (Å²) in [6.45, 7) is 3.61. The quantitative estimate of drug-likeness (QED) is 0.710. The first-order valence-corrected chi connectivity index (χ1v) is 9.41. The number of nitrogens with zero attached hydrogens (tertiary/aromatic N) is 2. The number of aryl methyl sites for hydroxylation is 1. The molecule has 0 spiro atoms. The van der Waals surface area contributed by atoms with E-state index in [1.54, 1.807) is 6.07 Å². The van der Waals surface area contributed by atoms with Crippen LogP contribution in [0.5, 0.6) is 11.5 Å². The molecular formula is C22H22FN3O3. The molecule has 6 nitrogen and oxygen atoms in total. The van der Waals surface area contributed by atoms with Crippen molar-refractivity contribution in [1.82, 2.24) is 14.9 Å². The van der Waals surface area contributed by atoms with Crippen molar-refractivity contribution in [3.05, 3.63) is 75.0 Å². The van der Waals surface area contributed by atoms with E-state index in [1.807, 2.05) is 31.2 Å². The number of benzene rings is 2. The van der Waals surface area contributed by atoms with E-state index < -0.39 is 11.6 Å². The van der Waals surface area contributed by atoms with Crippen LogP contribution in [0, 0.1) is 12.7 Å². The number of phenolic OH excluding ortho intramolecular Hbond substituents is 1. The van der Waals surface area contributed by atoms with E-state index in [0.29, 0.717) is 43.0 Å². The smallest absolute Gasteiger partial charge is 0.254 e. The topological polar surface area (TPSA) is 78.5 Å². The number of phenols is 1. The molecule has 0 saturated carbocycles. The van der Waals surface area contributed by atoms with Crippen LogP contribution in [0.3, 0.4) is 0 Å². The number of H-pyrrole nitrogens is 1. The lowest BCUT2D eigenvalue weighted by atomic mass is 10.0. The summed E-state index contributed by atoms with van der Waals surface area (Å²) >= 11 is 0. The Morgan fingerprint density at radius 1 is 1.28 bits per heavy atom. The van der Waals surface area contributed by atoms with Crippen LogP contribution in [0.2, 0.25) is 0 Å². The van der Waals surface area contributed by atoms with E-state index in [0.717, 1.165) is 16.8 Å². The van der Waals surface area contributed by atoms with Gasteiger partial charge in [0, 0.05) is 30.8 Å². The van der Waals surface area contributed by atoms with Gasteiger partial charge in [-0.2, -0.15) is 0 Å². The number of ether oxygens (including phenoxy) is 1. The fraction of sp³-hybridized carbons (Fsp3) is 0.273. The van der Waals surface area contributed by atoms with Crippen molar-refractivity contribution in [3.63, 3.8) is 0 Å². The number of halogens is 1. The molecule has 150 valence electrons. The second-order valence-electron chi connectivity index (χ2n) is 7.29. The minimum Gasteiger partial charge on any atom is -0.502 e. The molecule has 3 aromatic rings. The first-order chi connectivity index (χ1) is 13.9. The Kier molecular flexibility index (Phi) is 5.07. The van der Waals surface area contributed by atoms with Crippen LogP contribution < -0.4 is 10.3 Å². The molecule has 1 aromatic heterocycles. The lowest BCUT2D eigenvalue weighted by molar-refractivity contribution is 0.239. The van der Waals surface area contributed by atoms with Crippen LogP contribution in [0.4, 0.5) is 4.39 Å². The third-order valence-corrected chi connectivity index (χ3v) is 5.19. The van der Waals surface area contributed by atoms with Gasteiger partial charge in [0.25, 0.3) is 5.56 Å². The number of rotatable bonds is 4. The minimum atomic E-state index is -0.715. The van der Waals surface area contributed by atoms with Gasteiger partial charge in [0.05, 0.1) is 12.8 Å². The molecule has 0 saturated heterocycles. The Labute approximate surface area is 167 Å². The molecule has 0 unspecified atom stereocenters. The molecule has 0 radical (unpaired) electrons. The summed E-state index contributed by atoms with van der Waals surface area (Å²) in [4.78, 5) is 22.2. The van der Waals surface area contributed by atoms with E-state index in [-0.39, 0.29) is 11.3 Å². The van der Waals surface area contributed by atoms with Crippen LogP contribution in [-0.4, -0.2) is 33.6 Å². The Morgan fingerprint density at radius 3 is 2.76 bits per heavy atom. The normalized spacial score (nSPS) is 13.9. The number of nitrogens with one attached hydrogen (secondary N) is 1. The summed E-state index contributed by atoms with van der Waals surface area (Å²) in [5.41, 5.74) is 4.01. The Hall–Kier alpha value is -3.19. The fourth-order valence-corrected chi connectivity index (χ4v) is 3.61. The summed E-state index contributed by atoms with van der Waals surface area (Å²) in [6, 6.07) is 10.8. The summed E-state index contributed by atoms with van der Waals surface area (Å²) in [5.74, 6) is -0.550. The molecule has 2 aromatic carbocycles. The molecule has 1 aliphatic rings. The molecule has 0 atom stereocenters. The second kappa shape index (κ2) is 7.67. The summed E-state index contributed by atoms with van der Waals surface area (Å²) in [5, 5.41) is 9.68. The lowest BCUT2D eigenvalue weighted by Crippen LogP contribution is -2.35. The van der Waals surface area contributed by atoms with E-state index >= 15 is 0 Å². The maximum absolute atomic E-state index is 13.9. The van der Waals surface area contributed by atoms with Crippen LogP contribution in [0.1, 0.15) is 22.4 Å². The van der Waals surface area contributed by atoms with E-state index in [4.69, 9.17) is 9.72 Å². The van der Waals surface area contributed by atoms with Gasteiger partial charge >= 0.3 is 0 Å². The highest BCUT2D eigenvalue weighted by Crippen LogP contribution is 2.31. The number of aromatic hydroxyl groups is 1. The van der Waals surface area contributed by atoms with Crippen LogP contribution in [0.15, 0.2) is 41.2 Å². The molecule has 0 bridgehead atoms. The van der Waals surface area contributed by atoms with Crippen LogP contribution in [0.25, 0.3) is 11.4 Å². The Morgan fingerprint density at radius 2 is 2.03 bits per heavy atom. The molecule has 4 rings (SSSR count). The largest absolute Gasteiger partial charge is 0.502 e. The Balaban J connectivity index is 1.60. The third-order valence-electron chi connectivity index (χ3n) is 5.19. The van der Waals surface area contributed by atoms with Crippen molar-refractivity contribution in [2.24, 2.45) is 0 Å². The van der Waals surface area contributed by atoms with Gasteiger partial charge in [0.1, 0.15) is 5.82 Å². The lowest BCUT2D eigenvalue weighted by Gasteiger charge is -2.28. The summed E-state index contributed by atoms with van der Waals surface area (Å²) < 4.78 is 19.0. The number of hydrogen-bond acceptors (Lipinski definition) is 5. The van der Waals surface area contributed by atoms with Gasteiger partial charge in [-0.25, -0.2) is 9.37 Å². The average Bonchev–Trinajstić information content (AvgIpc) is 2.70. The summed E-state index contributed by atoms with van der Waals surface area (Å²) in [7, 11) is 1.39. The zero-order valence-corrected chi connectivity index (χ0v) is 16.3. The van der Waals surface area contributed by atoms with E-state index in [9.17, 15) is 14.3 Å². The number of aromatic amines is 1. The first kappa shape index (κ1) is 19.1. The Bertz CT molecular complexity index is 1110. The van der Waals surface area contributed by atoms with Crippen molar-refractivity contribution in [1.29, 1.82) is 0 Å². The van der Waals surface area contributed by atoms with Crippen molar-refractivity contribution >= 4 is 0 Å². The van der Waals surface area contributed by atoms with Crippen molar-refractivity contribution in [2.75, 3.05) is 13.7 Å². The molecule has 2 heterocycles. The zero-order chi connectivity index (χ0) is 20.5. The van der Waals surface area contributed by atoms with Crippen LogP contribution >= 0.6 is 0 Å². The van der Waals surface area contributed by atoms with Crippen molar-refractivity contribution < 1.29 is 14.2 Å². The van der Waals surface area contributed by atoms with E-state index in [2.05, 4.69) is 9.88 Å². The minimum absolute atomic E-state index is 0.105.